The third-order valence-corrected chi connectivity index (χ3v) is 3.39. The lowest BCUT2D eigenvalue weighted by Gasteiger charge is -2.15. The maximum atomic E-state index is 11.9. The largest absolute Gasteiger partial charge is 0.489 e. The van der Waals surface area contributed by atoms with Crippen LogP contribution >= 0.6 is 0 Å². The van der Waals surface area contributed by atoms with Crippen LogP contribution in [0.2, 0.25) is 0 Å². The third-order valence-electron chi connectivity index (χ3n) is 3.39. The summed E-state index contributed by atoms with van der Waals surface area (Å²) in [5, 5.41) is 2.80. The standard InChI is InChI=1S/C18H22N2O2/c1-13(2)17(19)18(21)20-15-8-10-16(11-9-15)22-12-14-6-4-3-5-7-14/h3-11,13,17H,12,19H2,1-2H3,(H,20,21). The minimum absolute atomic E-state index is 0.105. The van der Waals surface area contributed by atoms with Gasteiger partial charge in [-0.15, -0.1) is 0 Å². The summed E-state index contributed by atoms with van der Waals surface area (Å²) in [6.45, 7) is 4.36. The van der Waals surface area contributed by atoms with Gasteiger partial charge in [0.05, 0.1) is 6.04 Å². The molecule has 4 nitrogen and oxygen atoms in total. The predicted molar refractivity (Wildman–Crippen MR) is 88.7 cm³/mol. The maximum Gasteiger partial charge on any atom is 0.241 e. The zero-order valence-electron chi connectivity index (χ0n) is 13.0. The van der Waals surface area contributed by atoms with Gasteiger partial charge in [-0.1, -0.05) is 44.2 Å². The van der Waals surface area contributed by atoms with Gasteiger partial charge in [0.15, 0.2) is 0 Å². The number of hydrogen-bond acceptors (Lipinski definition) is 3. The molecule has 2 aromatic rings. The van der Waals surface area contributed by atoms with Crippen molar-refractivity contribution in [2.45, 2.75) is 26.5 Å². The molecule has 4 heteroatoms. The molecule has 0 heterocycles. The van der Waals surface area contributed by atoms with E-state index in [0.29, 0.717) is 12.3 Å². The molecular formula is C18H22N2O2. The number of ether oxygens (including phenoxy) is 1. The van der Waals surface area contributed by atoms with Crippen LogP contribution in [0.3, 0.4) is 0 Å². The van der Waals surface area contributed by atoms with Crippen molar-refractivity contribution in [2.24, 2.45) is 11.7 Å². The molecule has 0 aliphatic carbocycles. The number of anilines is 1. The lowest BCUT2D eigenvalue weighted by molar-refractivity contribution is -0.118. The lowest BCUT2D eigenvalue weighted by Crippen LogP contribution is -2.39. The van der Waals surface area contributed by atoms with Crippen LogP contribution in [0.25, 0.3) is 0 Å². The van der Waals surface area contributed by atoms with Crippen LogP contribution in [0.1, 0.15) is 19.4 Å². The first-order valence-corrected chi connectivity index (χ1v) is 7.39. The number of nitrogens with one attached hydrogen (secondary N) is 1. The fourth-order valence-electron chi connectivity index (χ4n) is 1.90. The van der Waals surface area contributed by atoms with E-state index in [1.54, 1.807) is 0 Å². The minimum atomic E-state index is -0.506. The zero-order valence-corrected chi connectivity index (χ0v) is 13.0. The Kier molecular flexibility index (Phi) is 5.55. The Balaban J connectivity index is 1.89. The summed E-state index contributed by atoms with van der Waals surface area (Å²) in [5.41, 5.74) is 7.64. The topological polar surface area (TPSA) is 64.4 Å². The molecule has 0 saturated carbocycles. The molecule has 1 atom stereocenters. The normalized spacial score (nSPS) is 12.0. The minimum Gasteiger partial charge on any atom is -0.489 e. The second-order valence-corrected chi connectivity index (χ2v) is 5.56. The smallest absolute Gasteiger partial charge is 0.241 e. The highest BCUT2D eigenvalue weighted by Gasteiger charge is 2.16. The molecule has 0 bridgehead atoms. The van der Waals surface area contributed by atoms with Gasteiger partial charge in [-0.25, -0.2) is 0 Å². The van der Waals surface area contributed by atoms with Gasteiger partial charge in [-0.3, -0.25) is 4.79 Å². The van der Waals surface area contributed by atoms with Crippen LogP contribution in [-0.4, -0.2) is 11.9 Å². The molecular weight excluding hydrogens is 276 g/mol. The Hall–Kier alpha value is -2.33. The quantitative estimate of drug-likeness (QED) is 0.861. The molecule has 0 radical (unpaired) electrons. The van der Waals surface area contributed by atoms with E-state index < -0.39 is 6.04 Å². The van der Waals surface area contributed by atoms with E-state index in [-0.39, 0.29) is 11.8 Å². The van der Waals surface area contributed by atoms with E-state index in [4.69, 9.17) is 10.5 Å². The zero-order chi connectivity index (χ0) is 15.9. The summed E-state index contributed by atoms with van der Waals surface area (Å²) >= 11 is 0. The van der Waals surface area contributed by atoms with E-state index in [0.717, 1.165) is 11.3 Å². The van der Waals surface area contributed by atoms with Gasteiger partial charge in [0.2, 0.25) is 5.91 Å². The first kappa shape index (κ1) is 16.0. The highest BCUT2D eigenvalue weighted by molar-refractivity contribution is 5.94. The Morgan fingerprint density at radius 1 is 1.09 bits per heavy atom. The summed E-state index contributed by atoms with van der Waals surface area (Å²) < 4.78 is 5.70. The van der Waals surface area contributed by atoms with Crippen molar-refractivity contribution in [3.63, 3.8) is 0 Å². The van der Waals surface area contributed by atoms with E-state index in [9.17, 15) is 4.79 Å². The molecule has 116 valence electrons. The first-order valence-electron chi connectivity index (χ1n) is 7.39. The maximum absolute atomic E-state index is 11.9. The predicted octanol–water partition coefficient (Wildman–Crippen LogP) is 3.19. The molecule has 2 aromatic carbocycles. The van der Waals surface area contributed by atoms with Gasteiger partial charge < -0.3 is 15.8 Å². The van der Waals surface area contributed by atoms with Crippen LogP contribution in [0.4, 0.5) is 5.69 Å². The molecule has 0 fully saturated rings. The van der Waals surface area contributed by atoms with E-state index >= 15 is 0 Å². The fourth-order valence-corrected chi connectivity index (χ4v) is 1.90. The van der Waals surface area contributed by atoms with Crippen LogP contribution in [0.15, 0.2) is 54.6 Å². The number of carbonyl (C=O) groups is 1. The van der Waals surface area contributed by atoms with E-state index in [1.165, 1.54) is 0 Å². The van der Waals surface area contributed by atoms with Crippen molar-refractivity contribution in [1.82, 2.24) is 0 Å². The van der Waals surface area contributed by atoms with Crippen molar-refractivity contribution < 1.29 is 9.53 Å². The molecule has 0 aliphatic heterocycles. The van der Waals surface area contributed by atoms with Crippen LogP contribution in [0.5, 0.6) is 5.75 Å². The third kappa shape index (κ3) is 4.60. The molecule has 1 amide bonds. The highest BCUT2D eigenvalue weighted by atomic mass is 16.5. The Bertz CT molecular complexity index is 594. The summed E-state index contributed by atoms with van der Waals surface area (Å²) in [4.78, 5) is 11.9. The summed E-state index contributed by atoms with van der Waals surface area (Å²) in [5.74, 6) is 0.691. The SMILES string of the molecule is CC(C)C(N)C(=O)Nc1ccc(OCc2ccccc2)cc1. The van der Waals surface area contributed by atoms with Crippen molar-refractivity contribution in [2.75, 3.05) is 5.32 Å². The molecule has 1 unspecified atom stereocenters. The summed E-state index contributed by atoms with van der Waals surface area (Å²) in [6.07, 6.45) is 0. The number of hydrogen-bond donors (Lipinski definition) is 2. The molecule has 3 N–H and O–H groups in total. The molecule has 0 aromatic heterocycles. The second-order valence-electron chi connectivity index (χ2n) is 5.56. The molecule has 2 rings (SSSR count). The highest BCUT2D eigenvalue weighted by Crippen LogP contribution is 2.17. The van der Waals surface area contributed by atoms with Crippen molar-refractivity contribution in [1.29, 1.82) is 0 Å². The van der Waals surface area contributed by atoms with Crippen LogP contribution < -0.4 is 15.8 Å². The van der Waals surface area contributed by atoms with Crippen LogP contribution in [-0.2, 0) is 11.4 Å². The molecule has 0 saturated heterocycles. The summed E-state index contributed by atoms with van der Waals surface area (Å²) in [6, 6.07) is 16.8. The van der Waals surface area contributed by atoms with E-state index in [2.05, 4.69) is 5.32 Å². The number of benzene rings is 2. The van der Waals surface area contributed by atoms with Gasteiger partial charge in [-0.2, -0.15) is 0 Å². The van der Waals surface area contributed by atoms with Crippen molar-refractivity contribution in [3.8, 4) is 5.75 Å². The monoisotopic (exact) mass is 298 g/mol. The average Bonchev–Trinajstić information content (AvgIpc) is 2.54. The average molecular weight is 298 g/mol. The van der Waals surface area contributed by atoms with Gasteiger partial charge >= 0.3 is 0 Å². The molecule has 0 spiro atoms. The number of carbonyl (C=O) groups excluding carboxylic acids is 1. The summed E-state index contributed by atoms with van der Waals surface area (Å²) in [7, 11) is 0. The van der Waals surface area contributed by atoms with Gasteiger partial charge in [0, 0.05) is 5.69 Å². The Morgan fingerprint density at radius 2 is 1.73 bits per heavy atom. The fraction of sp³-hybridized carbons (Fsp3) is 0.278. The Labute approximate surface area is 131 Å². The molecule has 22 heavy (non-hydrogen) atoms. The number of amides is 1. The van der Waals surface area contributed by atoms with Gasteiger partial charge in [0.1, 0.15) is 12.4 Å². The number of nitrogens with two attached hydrogens (primary N) is 1. The second kappa shape index (κ2) is 7.61. The lowest BCUT2D eigenvalue weighted by atomic mass is 10.1. The first-order chi connectivity index (χ1) is 10.6. The van der Waals surface area contributed by atoms with Crippen molar-refractivity contribution in [3.05, 3.63) is 60.2 Å². The molecule has 0 aliphatic rings. The van der Waals surface area contributed by atoms with Crippen LogP contribution in [0, 0.1) is 5.92 Å². The van der Waals surface area contributed by atoms with Gasteiger partial charge in [-0.05, 0) is 35.7 Å². The van der Waals surface area contributed by atoms with Crippen molar-refractivity contribution >= 4 is 11.6 Å². The van der Waals surface area contributed by atoms with E-state index in [1.807, 2.05) is 68.4 Å². The number of rotatable bonds is 6. The van der Waals surface area contributed by atoms with Gasteiger partial charge in [0.25, 0.3) is 0 Å². The Morgan fingerprint density at radius 3 is 2.32 bits per heavy atom.